The number of fused-ring (bicyclic) bond motifs is 2. The normalized spacial score (nSPS) is 26.2. The van der Waals surface area contributed by atoms with Gasteiger partial charge in [0.1, 0.15) is 0 Å². The summed E-state index contributed by atoms with van der Waals surface area (Å²) in [5, 5.41) is 15.0. The summed E-state index contributed by atoms with van der Waals surface area (Å²) in [6.45, 7) is 4.18. The zero-order chi connectivity index (χ0) is 20.2. The quantitative estimate of drug-likeness (QED) is 0.293. The molecule has 2 fully saturated rings. The molecule has 2 saturated heterocycles. The molecule has 0 radical (unpaired) electrons. The van der Waals surface area contributed by atoms with Gasteiger partial charge in [0, 0.05) is 18.9 Å². The van der Waals surface area contributed by atoms with Gasteiger partial charge in [-0.3, -0.25) is 9.59 Å². The van der Waals surface area contributed by atoms with E-state index in [4.69, 9.17) is 9.84 Å². The fourth-order valence-electron chi connectivity index (χ4n) is 4.40. The fraction of sp³-hybridized carbons (Fsp3) is 0.818. The first kappa shape index (κ1) is 22.9. The van der Waals surface area contributed by atoms with E-state index in [0.717, 1.165) is 38.6 Å². The molecule has 0 spiro atoms. The number of aliphatic carboxylic acids is 1. The predicted molar refractivity (Wildman–Crippen MR) is 110 cm³/mol. The lowest BCUT2D eigenvalue weighted by Gasteiger charge is -2.27. The van der Waals surface area contributed by atoms with E-state index in [1.165, 1.54) is 19.3 Å². The van der Waals surface area contributed by atoms with E-state index in [0.29, 0.717) is 37.5 Å². The number of allylic oxidation sites excluding steroid dienone is 2. The van der Waals surface area contributed by atoms with Gasteiger partial charge in [0.25, 0.3) is 0 Å². The first-order valence-electron chi connectivity index (χ1n) is 11.1. The Balaban J connectivity index is 1.64. The number of carbonyl (C=O) groups is 2. The Hall–Kier alpha value is -1.40. The maximum atomic E-state index is 12.1. The highest BCUT2D eigenvalue weighted by Crippen LogP contribution is 2.44. The number of hydrogen-bond acceptors (Lipinski definition) is 4. The number of amides is 1. The van der Waals surface area contributed by atoms with Crippen LogP contribution in [0.4, 0.5) is 0 Å². The second kappa shape index (κ2) is 12.9. The molecular formula is C22H38N2O4. The minimum atomic E-state index is -0.735. The molecule has 28 heavy (non-hydrogen) atoms. The molecule has 1 amide bonds. The zero-order valence-corrected chi connectivity index (χ0v) is 17.3. The molecule has 2 aliphatic heterocycles. The van der Waals surface area contributed by atoms with Gasteiger partial charge in [0.2, 0.25) is 5.91 Å². The molecule has 0 aromatic heterocycles. The van der Waals surface area contributed by atoms with Gasteiger partial charge in [-0.15, -0.1) is 0 Å². The Bertz CT molecular complexity index is 509. The Morgan fingerprint density at radius 3 is 2.61 bits per heavy atom. The molecule has 3 N–H and O–H groups in total. The standard InChI is InChI=1S/C22H38N2O4/c1-2-3-4-9-14-23-16-21(25)24-15-18-17(19-12-13-20(18)28-19)10-7-5-6-8-11-22(26)27/h5,7,17-20,23H,2-4,6,8-16H2,1H3,(H,24,25)(H,26,27)/b7-5-/t17-,18+,19-,20+/m1/s1. The van der Waals surface area contributed by atoms with Gasteiger partial charge >= 0.3 is 5.97 Å². The van der Waals surface area contributed by atoms with E-state index in [9.17, 15) is 9.59 Å². The van der Waals surface area contributed by atoms with Crippen molar-refractivity contribution in [2.75, 3.05) is 19.6 Å². The third-order valence-corrected chi connectivity index (χ3v) is 5.95. The largest absolute Gasteiger partial charge is 0.481 e. The van der Waals surface area contributed by atoms with Gasteiger partial charge in [0.15, 0.2) is 0 Å². The van der Waals surface area contributed by atoms with Crippen LogP contribution in [0.25, 0.3) is 0 Å². The van der Waals surface area contributed by atoms with Gasteiger partial charge in [-0.05, 0) is 51.0 Å². The molecule has 0 aliphatic carbocycles. The summed E-state index contributed by atoms with van der Waals surface area (Å²) in [5.41, 5.74) is 0. The molecule has 0 aromatic rings. The number of carbonyl (C=O) groups excluding carboxylic acids is 1. The summed E-state index contributed by atoms with van der Waals surface area (Å²) >= 11 is 0. The van der Waals surface area contributed by atoms with Crippen molar-refractivity contribution < 1.29 is 19.4 Å². The molecule has 4 atom stereocenters. The van der Waals surface area contributed by atoms with Crippen LogP contribution in [0.1, 0.15) is 71.1 Å². The monoisotopic (exact) mass is 394 g/mol. The summed E-state index contributed by atoms with van der Waals surface area (Å²) in [5.74, 6) is 0.176. The maximum absolute atomic E-state index is 12.1. The maximum Gasteiger partial charge on any atom is 0.303 e. The molecule has 2 aliphatic rings. The van der Waals surface area contributed by atoms with Crippen molar-refractivity contribution in [3.05, 3.63) is 12.2 Å². The number of nitrogens with one attached hydrogen (secondary N) is 2. The highest BCUT2D eigenvalue weighted by molar-refractivity contribution is 5.77. The number of hydrogen-bond donors (Lipinski definition) is 3. The molecule has 6 heteroatoms. The lowest BCUT2D eigenvalue weighted by molar-refractivity contribution is -0.137. The average Bonchev–Trinajstić information content (AvgIpc) is 3.27. The number of rotatable bonds is 15. The highest BCUT2D eigenvalue weighted by Gasteiger charge is 2.47. The highest BCUT2D eigenvalue weighted by atomic mass is 16.5. The number of unbranched alkanes of at least 4 members (excludes halogenated alkanes) is 4. The van der Waals surface area contributed by atoms with Crippen LogP contribution in [0.2, 0.25) is 0 Å². The minimum Gasteiger partial charge on any atom is -0.481 e. The Morgan fingerprint density at radius 2 is 1.86 bits per heavy atom. The lowest BCUT2D eigenvalue weighted by atomic mass is 9.77. The van der Waals surface area contributed by atoms with Gasteiger partial charge in [-0.25, -0.2) is 0 Å². The number of carboxylic acids is 1. The third kappa shape index (κ3) is 7.92. The van der Waals surface area contributed by atoms with Crippen molar-refractivity contribution in [3.63, 3.8) is 0 Å². The minimum absolute atomic E-state index is 0.0706. The number of carboxylic acid groups (broad SMARTS) is 1. The van der Waals surface area contributed by atoms with E-state index in [2.05, 4.69) is 29.7 Å². The predicted octanol–water partition coefficient (Wildman–Crippen LogP) is 3.27. The van der Waals surface area contributed by atoms with Gasteiger partial charge in [-0.1, -0.05) is 38.3 Å². The van der Waals surface area contributed by atoms with Crippen LogP contribution in [0.15, 0.2) is 12.2 Å². The first-order valence-corrected chi connectivity index (χ1v) is 11.1. The molecule has 0 unspecified atom stereocenters. The molecule has 0 aromatic carbocycles. The van der Waals surface area contributed by atoms with Crippen molar-refractivity contribution in [3.8, 4) is 0 Å². The van der Waals surface area contributed by atoms with Crippen molar-refractivity contribution in [1.29, 1.82) is 0 Å². The van der Waals surface area contributed by atoms with Crippen molar-refractivity contribution in [2.45, 2.75) is 83.3 Å². The van der Waals surface area contributed by atoms with E-state index < -0.39 is 5.97 Å². The summed E-state index contributed by atoms with van der Waals surface area (Å²) < 4.78 is 6.10. The van der Waals surface area contributed by atoms with Crippen LogP contribution in [-0.2, 0) is 14.3 Å². The van der Waals surface area contributed by atoms with Crippen LogP contribution < -0.4 is 10.6 Å². The van der Waals surface area contributed by atoms with Gasteiger partial charge in [-0.2, -0.15) is 0 Å². The summed E-state index contributed by atoms with van der Waals surface area (Å²) in [7, 11) is 0. The smallest absolute Gasteiger partial charge is 0.303 e. The SMILES string of the molecule is CCCCCCNCC(=O)NC[C@H]1[C@@H](C/C=C\CCCC(=O)O)[C@H]2CC[C@@H]1O2. The van der Waals surface area contributed by atoms with Crippen LogP contribution in [0.5, 0.6) is 0 Å². The Kier molecular flexibility index (Phi) is 10.6. The van der Waals surface area contributed by atoms with Crippen molar-refractivity contribution in [2.24, 2.45) is 11.8 Å². The van der Waals surface area contributed by atoms with E-state index in [-0.39, 0.29) is 18.4 Å². The van der Waals surface area contributed by atoms with E-state index >= 15 is 0 Å². The summed E-state index contributed by atoms with van der Waals surface area (Å²) in [4.78, 5) is 22.7. The Labute approximate surface area is 169 Å². The van der Waals surface area contributed by atoms with Crippen LogP contribution >= 0.6 is 0 Å². The van der Waals surface area contributed by atoms with Gasteiger partial charge < -0.3 is 20.5 Å². The molecule has 2 rings (SSSR count). The number of ether oxygens (including phenoxy) is 1. The summed E-state index contributed by atoms with van der Waals surface area (Å²) in [6.07, 6.45) is 14.6. The lowest BCUT2D eigenvalue weighted by Crippen LogP contribution is -2.41. The molecule has 2 bridgehead atoms. The summed E-state index contributed by atoms with van der Waals surface area (Å²) in [6, 6.07) is 0. The van der Waals surface area contributed by atoms with E-state index in [1.807, 2.05) is 0 Å². The second-order valence-electron chi connectivity index (χ2n) is 8.15. The molecule has 6 nitrogen and oxygen atoms in total. The molecular weight excluding hydrogens is 356 g/mol. The first-order chi connectivity index (χ1) is 13.6. The third-order valence-electron chi connectivity index (χ3n) is 5.95. The van der Waals surface area contributed by atoms with Crippen LogP contribution in [0, 0.1) is 11.8 Å². The van der Waals surface area contributed by atoms with Crippen molar-refractivity contribution >= 4 is 11.9 Å². The van der Waals surface area contributed by atoms with Crippen LogP contribution in [-0.4, -0.2) is 48.8 Å². The molecule has 160 valence electrons. The van der Waals surface area contributed by atoms with E-state index in [1.54, 1.807) is 0 Å². The average molecular weight is 395 g/mol. The fourth-order valence-corrected chi connectivity index (χ4v) is 4.40. The van der Waals surface area contributed by atoms with Crippen molar-refractivity contribution in [1.82, 2.24) is 10.6 Å². The van der Waals surface area contributed by atoms with Gasteiger partial charge in [0.05, 0.1) is 18.8 Å². The Morgan fingerprint density at radius 1 is 1.07 bits per heavy atom. The topological polar surface area (TPSA) is 87.7 Å². The second-order valence-corrected chi connectivity index (χ2v) is 8.15. The molecule has 2 heterocycles. The van der Waals surface area contributed by atoms with Crippen LogP contribution in [0.3, 0.4) is 0 Å². The molecule has 0 saturated carbocycles. The zero-order valence-electron chi connectivity index (χ0n) is 17.3.